The maximum atomic E-state index is 12.5. The Morgan fingerprint density at radius 1 is 1.26 bits per heavy atom. The molecule has 0 fully saturated rings. The van der Waals surface area contributed by atoms with Crippen molar-refractivity contribution in [2.45, 2.75) is 52.7 Å². The van der Waals surface area contributed by atoms with Gasteiger partial charge >= 0.3 is 16.1 Å². The number of carbonyl (C=O) groups excluding carboxylic acids is 1. The molecule has 0 saturated carbocycles. The third kappa shape index (κ3) is 6.90. The Bertz CT molecular complexity index is 648. The summed E-state index contributed by atoms with van der Waals surface area (Å²) in [5, 5.41) is 2.92. The number of hydrogen-bond acceptors (Lipinski definition) is 4. The zero-order chi connectivity index (χ0) is 17.8. The zero-order valence-corrected chi connectivity index (χ0v) is 15.4. The van der Waals surface area contributed by atoms with Gasteiger partial charge in [-0.2, -0.15) is 8.42 Å². The van der Waals surface area contributed by atoms with Crippen LogP contribution in [0, 0.1) is 0 Å². The van der Waals surface area contributed by atoms with Crippen LogP contribution in [0.5, 0.6) is 5.75 Å². The quantitative estimate of drug-likeness (QED) is 0.835. The number of carbonyl (C=O) groups is 1. The van der Waals surface area contributed by atoms with Crippen molar-refractivity contribution in [3.63, 3.8) is 0 Å². The summed E-state index contributed by atoms with van der Waals surface area (Å²) in [6.45, 7) is 9.79. The molecule has 23 heavy (non-hydrogen) atoms. The largest absolute Gasteiger partial charge is 0.382 e. The molecule has 0 radical (unpaired) electrons. The molecule has 0 unspecified atom stereocenters. The van der Waals surface area contributed by atoms with Crippen LogP contribution < -0.4 is 9.50 Å². The van der Waals surface area contributed by atoms with E-state index < -0.39 is 10.1 Å². The molecule has 0 aromatic heterocycles. The topological polar surface area (TPSA) is 75.7 Å². The van der Waals surface area contributed by atoms with Gasteiger partial charge in [-0.15, -0.1) is 0 Å². The Morgan fingerprint density at radius 2 is 1.83 bits per heavy atom. The van der Waals surface area contributed by atoms with Crippen LogP contribution in [0.1, 0.15) is 40.2 Å². The van der Waals surface area contributed by atoms with E-state index in [9.17, 15) is 13.2 Å². The highest BCUT2D eigenvalue weighted by Gasteiger charge is 2.23. The molecule has 0 heterocycles. The molecule has 0 bridgehead atoms. The van der Waals surface area contributed by atoms with Crippen LogP contribution in [0.2, 0.25) is 0 Å². The fourth-order valence-electron chi connectivity index (χ4n) is 1.94. The number of rotatable bonds is 5. The van der Waals surface area contributed by atoms with Gasteiger partial charge in [-0.25, -0.2) is 4.79 Å². The molecule has 7 heteroatoms. The molecule has 0 aliphatic carbocycles. The van der Waals surface area contributed by atoms with E-state index in [-0.39, 0.29) is 29.9 Å². The van der Waals surface area contributed by atoms with Crippen LogP contribution in [0.25, 0.3) is 0 Å². The van der Waals surface area contributed by atoms with Gasteiger partial charge in [0.15, 0.2) is 0 Å². The average Bonchev–Trinajstić information content (AvgIpc) is 2.33. The first kappa shape index (κ1) is 19.3. The lowest BCUT2D eigenvalue weighted by atomic mass is 10.1. The summed E-state index contributed by atoms with van der Waals surface area (Å²) in [6, 6.07) is 6.55. The second-order valence-electron chi connectivity index (χ2n) is 6.80. The Hall–Kier alpha value is -1.76. The number of amides is 2. The third-order valence-corrected chi connectivity index (χ3v) is 3.40. The molecule has 1 aromatic carbocycles. The van der Waals surface area contributed by atoms with Crippen molar-refractivity contribution in [2.24, 2.45) is 0 Å². The number of nitrogens with one attached hydrogen (secondary N) is 1. The maximum Gasteiger partial charge on any atom is 0.318 e. The molecular formula is C16H26N2O4S. The monoisotopic (exact) mass is 342 g/mol. The lowest BCUT2D eigenvalue weighted by molar-refractivity contribution is 0.171. The van der Waals surface area contributed by atoms with Gasteiger partial charge < -0.3 is 14.4 Å². The Labute approximate surface area is 138 Å². The molecule has 130 valence electrons. The standard InChI is InChI=1S/C16H26N2O4S/c1-12(2)18(15(19)17-16(3,4)5)11-13-9-7-8-10-14(13)22-23(6,20)21/h7-10,12H,11H2,1-6H3,(H,17,19). The lowest BCUT2D eigenvalue weighted by Crippen LogP contribution is -2.50. The van der Waals surface area contributed by atoms with Crippen LogP contribution in [0.3, 0.4) is 0 Å². The molecule has 0 aliphatic heterocycles. The van der Waals surface area contributed by atoms with E-state index in [0.717, 1.165) is 6.26 Å². The van der Waals surface area contributed by atoms with Crippen LogP contribution in [0.15, 0.2) is 24.3 Å². The van der Waals surface area contributed by atoms with E-state index in [2.05, 4.69) is 5.32 Å². The summed E-state index contributed by atoms with van der Waals surface area (Å²) in [4.78, 5) is 14.1. The van der Waals surface area contributed by atoms with Gasteiger partial charge in [0.05, 0.1) is 12.8 Å². The second kappa shape index (κ2) is 7.21. The van der Waals surface area contributed by atoms with Gasteiger partial charge in [-0.05, 0) is 40.7 Å². The summed E-state index contributed by atoms with van der Waals surface area (Å²) >= 11 is 0. The van der Waals surface area contributed by atoms with Gasteiger partial charge in [0.25, 0.3) is 0 Å². The number of hydrogen-bond donors (Lipinski definition) is 1. The van der Waals surface area contributed by atoms with E-state index in [4.69, 9.17) is 4.18 Å². The smallest absolute Gasteiger partial charge is 0.318 e. The second-order valence-corrected chi connectivity index (χ2v) is 8.37. The predicted molar refractivity (Wildman–Crippen MR) is 90.9 cm³/mol. The highest BCUT2D eigenvalue weighted by Crippen LogP contribution is 2.22. The van der Waals surface area contributed by atoms with E-state index >= 15 is 0 Å². The molecular weight excluding hydrogens is 316 g/mol. The van der Waals surface area contributed by atoms with Crippen molar-refractivity contribution in [3.05, 3.63) is 29.8 Å². The first-order valence-corrected chi connectivity index (χ1v) is 9.27. The van der Waals surface area contributed by atoms with Crippen molar-refractivity contribution in [1.82, 2.24) is 10.2 Å². The van der Waals surface area contributed by atoms with Crippen LogP contribution in [-0.2, 0) is 16.7 Å². The molecule has 2 amide bonds. The minimum absolute atomic E-state index is 0.0522. The van der Waals surface area contributed by atoms with Crippen molar-refractivity contribution >= 4 is 16.1 Å². The summed E-state index contributed by atoms with van der Waals surface area (Å²) < 4.78 is 27.8. The molecule has 1 rings (SSSR count). The average molecular weight is 342 g/mol. The molecule has 0 saturated heterocycles. The first-order valence-electron chi connectivity index (χ1n) is 7.45. The third-order valence-electron chi connectivity index (χ3n) is 2.92. The fraction of sp³-hybridized carbons (Fsp3) is 0.562. The van der Waals surface area contributed by atoms with E-state index in [1.807, 2.05) is 34.6 Å². The van der Waals surface area contributed by atoms with Gasteiger partial charge in [-0.3, -0.25) is 0 Å². The number of para-hydroxylation sites is 1. The lowest BCUT2D eigenvalue weighted by Gasteiger charge is -2.31. The maximum absolute atomic E-state index is 12.5. The Morgan fingerprint density at radius 3 is 2.30 bits per heavy atom. The minimum Gasteiger partial charge on any atom is -0.382 e. The zero-order valence-electron chi connectivity index (χ0n) is 14.6. The molecule has 1 N–H and O–H groups in total. The highest BCUT2D eigenvalue weighted by atomic mass is 32.2. The SMILES string of the molecule is CC(C)N(Cc1ccccc1OS(C)(=O)=O)C(=O)NC(C)(C)C. The van der Waals surface area contributed by atoms with Gasteiger partial charge in [0.2, 0.25) is 0 Å². The summed E-state index contributed by atoms with van der Waals surface area (Å²) in [5.74, 6) is 0.240. The van der Waals surface area contributed by atoms with Crippen molar-refractivity contribution in [1.29, 1.82) is 0 Å². The van der Waals surface area contributed by atoms with Gasteiger partial charge in [-0.1, -0.05) is 18.2 Å². The number of benzene rings is 1. The molecule has 0 atom stereocenters. The van der Waals surface area contributed by atoms with Gasteiger partial charge in [0, 0.05) is 17.1 Å². The van der Waals surface area contributed by atoms with Crippen LogP contribution in [-0.4, -0.2) is 37.2 Å². The first-order chi connectivity index (χ1) is 10.4. The van der Waals surface area contributed by atoms with Crippen molar-refractivity contribution in [3.8, 4) is 5.75 Å². The van der Waals surface area contributed by atoms with Crippen LogP contribution in [0.4, 0.5) is 4.79 Å². The highest BCUT2D eigenvalue weighted by molar-refractivity contribution is 7.86. The summed E-state index contributed by atoms with van der Waals surface area (Å²) in [7, 11) is -3.62. The molecule has 0 spiro atoms. The van der Waals surface area contributed by atoms with Crippen molar-refractivity contribution in [2.75, 3.05) is 6.26 Å². The van der Waals surface area contributed by atoms with E-state index in [0.29, 0.717) is 5.56 Å². The number of nitrogens with zero attached hydrogens (tertiary/aromatic N) is 1. The van der Waals surface area contributed by atoms with E-state index in [1.54, 1.807) is 29.2 Å². The Balaban J connectivity index is 3.04. The molecule has 6 nitrogen and oxygen atoms in total. The van der Waals surface area contributed by atoms with Crippen LogP contribution >= 0.6 is 0 Å². The number of urea groups is 1. The Kier molecular flexibility index (Phi) is 6.04. The normalized spacial score (nSPS) is 12.1. The predicted octanol–water partition coefficient (Wildman–Crippen LogP) is 2.74. The van der Waals surface area contributed by atoms with Gasteiger partial charge in [0.1, 0.15) is 5.75 Å². The van der Waals surface area contributed by atoms with E-state index in [1.165, 1.54) is 0 Å². The minimum atomic E-state index is -3.62. The molecule has 1 aromatic rings. The molecule has 0 aliphatic rings. The fourth-order valence-corrected chi connectivity index (χ4v) is 2.43. The van der Waals surface area contributed by atoms with Crippen molar-refractivity contribution < 1.29 is 17.4 Å². The summed E-state index contributed by atoms with van der Waals surface area (Å²) in [5.41, 5.74) is 0.281. The summed E-state index contributed by atoms with van der Waals surface area (Å²) in [6.07, 6.45) is 0.996.